The fourth-order valence-electron chi connectivity index (χ4n) is 3.91. The van der Waals surface area contributed by atoms with Gasteiger partial charge in [0.25, 0.3) is 11.5 Å². The van der Waals surface area contributed by atoms with E-state index < -0.39 is 0 Å². The van der Waals surface area contributed by atoms with E-state index in [1.807, 2.05) is 41.3 Å². The standard InChI is InChI=1S/C23H20N4O2/c28-22-18-6-4-16(12-15(18)8-9-24-22)21-14-25-19-7-5-17(13-20(19)26-21)23(29)27-10-2-1-3-11-27/h4-9,12-14H,1-3,10-11H2,(H,24,28). The van der Waals surface area contributed by atoms with Crippen LogP contribution in [0, 0.1) is 0 Å². The average Bonchev–Trinajstić information content (AvgIpc) is 2.78. The number of likely N-dealkylation sites (tertiary alicyclic amines) is 1. The maximum absolute atomic E-state index is 12.8. The summed E-state index contributed by atoms with van der Waals surface area (Å²) in [5.41, 5.74) is 3.57. The number of hydrogen-bond acceptors (Lipinski definition) is 4. The molecule has 0 saturated carbocycles. The molecule has 0 unspecified atom stereocenters. The van der Waals surface area contributed by atoms with Crippen molar-refractivity contribution in [1.29, 1.82) is 0 Å². The zero-order chi connectivity index (χ0) is 19.8. The lowest BCUT2D eigenvalue weighted by Crippen LogP contribution is -2.35. The Balaban J connectivity index is 1.54. The fourth-order valence-corrected chi connectivity index (χ4v) is 3.91. The summed E-state index contributed by atoms with van der Waals surface area (Å²) >= 11 is 0. The van der Waals surface area contributed by atoms with Crippen LogP contribution in [-0.2, 0) is 0 Å². The molecule has 0 bridgehead atoms. The molecule has 3 heterocycles. The molecule has 1 N–H and O–H groups in total. The van der Waals surface area contributed by atoms with Crippen LogP contribution in [0.5, 0.6) is 0 Å². The van der Waals surface area contributed by atoms with E-state index in [1.54, 1.807) is 18.5 Å². The van der Waals surface area contributed by atoms with Gasteiger partial charge in [0, 0.05) is 35.8 Å². The zero-order valence-corrected chi connectivity index (χ0v) is 15.9. The molecule has 1 fully saturated rings. The molecule has 1 saturated heterocycles. The molecule has 1 amide bonds. The van der Waals surface area contributed by atoms with Crippen LogP contribution in [0.2, 0.25) is 0 Å². The van der Waals surface area contributed by atoms with Gasteiger partial charge in [-0.05, 0) is 61.0 Å². The fraction of sp³-hybridized carbons (Fsp3) is 0.217. The smallest absolute Gasteiger partial charge is 0.255 e. The molecule has 0 aliphatic carbocycles. The summed E-state index contributed by atoms with van der Waals surface area (Å²) in [5.74, 6) is 0.0590. The Morgan fingerprint density at radius 1 is 0.966 bits per heavy atom. The van der Waals surface area contributed by atoms with Gasteiger partial charge in [-0.3, -0.25) is 14.6 Å². The van der Waals surface area contributed by atoms with Crippen molar-refractivity contribution < 1.29 is 4.79 Å². The Morgan fingerprint density at radius 2 is 1.83 bits per heavy atom. The first-order valence-electron chi connectivity index (χ1n) is 9.87. The zero-order valence-electron chi connectivity index (χ0n) is 15.9. The number of carbonyl (C=O) groups excluding carboxylic acids is 1. The Labute approximate surface area is 167 Å². The topological polar surface area (TPSA) is 79.0 Å². The van der Waals surface area contributed by atoms with E-state index in [0.29, 0.717) is 22.2 Å². The van der Waals surface area contributed by atoms with Gasteiger partial charge in [0.2, 0.25) is 0 Å². The highest BCUT2D eigenvalue weighted by Gasteiger charge is 2.18. The van der Waals surface area contributed by atoms with Crippen LogP contribution in [0.25, 0.3) is 33.1 Å². The summed E-state index contributed by atoms with van der Waals surface area (Å²) in [4.78, 5) is 38.6. The van der Waals surface area contributed by atoms with Crippen molar-refractivity contribution in [2.75, 3.05) is 13.1 Å². The lowest BCUT2D eigenvalue weighted by molar-refractivity contribution is 0.0724. The van der Waals surface area contributed by atoms with Gasteiger partial charge in [0.15, 0.2) is 0 Å². The maximum Gasteiger partial charge on any atom is 0.255 e. The third-order valence-electron chi connectivity index (χ3n) is 5.50. The highest BCUT2D eigenvalue weighted by molar-refractivity contribution is 5.97. The number of carbonyl (C=O) groups is 1. The van der Waals surface area contributed by atoms with Crippen LogP contribution in [0.4, 0.5) is 0 Å². The lowest BCUT2D eigenvalue weighted by atomic mass is 10.1. The molecule has 4 aromatic rings. The molecule has 1 aliphatic rings. The number of piperidine rings is 1. The Kier molecular flexibility index (Phi) is 4.31. The number of nitrogens with zero attached hydrogens (tertiary/aromatic N) is 3. The van der Waals surface area contributed by atoms with Crippen LogP contribution >= 0.6 is 0 Å². The molecule has 2 aromatic heterocycles. The molecule has 5 rings (SSSR count). The molecule has 0 radical (unpaired) electrons. The number of pyridine rings is 1. The number of aromatic nitrogens is 3. The van der Waals surface area contributed by atoms with Crippen LogP contribution in [0.1, 0.15) is 29.6 Å². The quantitative estimate of drug-likeness (QED) is 0.571. The van der Waals surface area contributed by atoms with Crippen molar-refractivity contribution in [3.63, 3.8) is 0 Å². The van der Waals surface area contributed by atoms with Gasteiger partial charge in [-0.2, -0.15) is 0 Å². The van der Waals surface area contributed by atoms with E-state index in [4.69, 9.17) is 4.98 Å². The molecule has 6 heteroatoms. The second-order valence-corrected chi connectivity index (χ2v) is 7.42. The average molecular weight is 384 g/mol. The van der Waals surface area contributed by atoms with Gasteiger partial charge < -0.3 is 9.88 Å². The molecule has 2 aromatic carbocycles. The van der Waals surface area contributed by atoms with Crippen molar-refractivity contribution in [2.45, 2.75) is 19.3 Å². The summed E-state index contributed by atoms with van der Waals surface area (Å²) in [6, 6.07) is 13.0. The van der Waals surface area contributed by atoms with Crippen LogP contribution in [-0.4, -0.2) is 38.8 Å². The molecule has 1 aliphatic heterocycles. The summed E-state index contributed by atoms with van der Waals surface area (Å²) in [7, 11) is 0. The van der Waals surface area contributed by atoms with Crippen LogP contribution in [0.15, 0.2) is 59.7 Å². The van der Waals surface area contributed by atoms with Gasteiger partial charge in [0.1, 0.15) is 0 Å². The van der Waals surface area contributed by atoms with Crippen molar-refractivity contribution in [3.05, 3.63) is 70.8 Å². The second kappa shape index (κ2) is 7.13. The second-order valence-electron chi connectivity index (χ2n) is 7.42. The molecular weight excluding hydrogens is 364 g/mol. The highest BCUT2D eigenvalue weighted by atomic mass is 16.2. The number of fused-ring (bicyclic) bond motifs is 2. The summed E-state index contributed by atoms with van der Waals surface area (Å²) in [6.45, 7) is 1.64. The van der Waals surface area contributed by atoms with Gasteiger partial charge in [-0.1, -0.05) is 6.07 Å². The van der Waals surface area contributed by atoms with E-state index in [9.17, 15) is 9.59 Å². The van der Waals surface area contributed by atoms with Crippen molar-refractivity contribution in [2.24, 2.45) is 0 Å². The van der Waals surface area contributed by atoms with E-state index in [1.165, 1.54) is 6.42 Å². The minimum atomic E-state index is -0.112. The number of benzene rings is 2. The van der Waals surface area contributed by atoms with Gasteiger partial charge in [-0.15, -0.1) is 0 Å². The predicted molar refractivity (Wildman–Crippen MR) is 113 cm³/mol. The number of rotatable bonds is 2. The van der Waals surface area contributed by atoms with Gasteiger partial charge in [0.05, 0.1) is 22.9 Å². The monoisotopic (exact) mass is 384 g/mol. The third-order valence-corrected chi connectivity index (χ3v) is 5.50. The molecule has 29 heavy (non-hydrogen) atoms. The largest absolute Gasteiger partial charge is 0.339 e. The summed E-state index contributed by atoms with van der Waals surface area (Å²) < 4.78 is 0. The minimum absolute atomic E-state index is 0.0590. The number of aromatic amines is 1. The Hall–Kier alpha value is -3.54. The SMILES string of the molecule is O=C(c1ccc2ncc(-c3ccc4c(=O)[nH]ccc4c3)nc2c1)N1CCCCC1. The molecular formula is C23H20N4O2. The Bertz CT molecular complexity index is 1290. The lowest BCUT2D eigenvalue weighted by Gasteiger charge is -2.26. The Morgan fingerprint density at radius 3 is 2.69 bits per heavy atom. The van der Waals surface area contributed by atoms with Crippen molar-refractivity contribution >= 4 is 27.7 Å². The normalized spacial score (nSPS) is 14.4. The first-order chi connectivity index (χ1) is 14.2. The van der Waals surface area contributed by atoms with Crippen LogP contribution < -0.4 is 5.56 Å². The number of hydrogen-bond donors (Lipinski definition) is 1. The minimum Gasteiger partial charge on any atom is -0.339 e. The first-order valence-corrected chi connectivity index (χ1v) is 9.87. The molecule has 0 atom stereocenters. The summed E-state index contributed by atoms with van der Waals surface area (Å²) in [6.07, 6.45) is 6.68. The first kappa shape index (κ1) is 17.6. The maximum atomic E-state index is 12.8. The highest BCUT2D eigenvalue weighted by Crippen LogP contribution is 2.23. The van der Waals surface area contributed by atoms with Crippen molar-refractivity contribution in [1.82, 2.24) is 19.9 Å². The van der Waals surface area contributed by atoms with E-state index in [0.717, 1.165) is 42.4 Å². The molecule has 0 spiro atoms. The number of nitrogens with one attached hydrogen (secondary N) is 1. The van der Waals surface area contributed by atoms with Crippen LogP contribution in [0.3, 0.4) is 0 Å². The summed E-state index contributed by atoms with van der Waals surface area (Å²) in [5, 5.41) is 1.49. The predicted octanol–water partition coefficient (Wildman–Crippen LogP) is 3.76. The molecule has 6 nitrogen and oxygen atoms in total. The molecule has 144 valence electrons. The third kappa shape index (κ3) is 3.27. The van der Waals surface area contributed by atoms with Crippen molar-refractivity contribution in [3.8, 4) is 11.3 Å². The number of amides is 1. The van der Waals surface area contributed by atoms with E-state index >= 15 is 0 Å². The number of H-pyrrole nitrogens is 1. The van der Waals surface area contributed by atoms with Gasteiger partial charge in [-0.25, -0.2) is 4.98 Å². The van der Waals surface area contributed by atoms with Gasteiger partial charge >= 0.3 is 0 Å². The van der Waals surface area contributed by atoms with E-state index in [-0.39, 0.29) is 11.5 Å². The van der Waals surface area contributed by atoms with E-state index in [2.05, 4.69) is 9.97 Å².